The van der Waals surface area contributed by atoms with Crippen molar-refractivity contribution >= 4 is 23.0 Å². The lowest BCUT2D eigenvalue weighted by molar-refractivity contribution is -0.119. The minimum atomic E-state index is -0.595. The fourth-order valence-electron chi connectivity index (χ4n) is 4.13. The molecule has 4 aromatic rings. The van der Waals surface area contributed by atoms with Gasteiger partial charge in [-0.05, 0) is 72.0 Å². The molecule has 4 rings (SSSR count). The van der Waals surface area contributed by atoms with Gasteiger partial charge in [-0.3, -0.25) is 9.59 Å². The quantitative estimate of drug-likeness (QED) is 0.334. The number of aryl methyl sites for hydroxylation is 1. The maximum Gasteiger partial charge on any atom is 0.282 e. The van der Waals surface area contributed by atoms with Gasteiger partial charge in [0, 0.05) is 5.56 Å². The summed E-state index contributed by atoms with van der Waals surface area (Å²) in [5, 5.41) is 5.01. The van der Waals surface area contributed by atoms with E-state index in [-0.39, 0.29) is 18.1 Å². The number of primary amides is 1. The molecule has 9 nitrogen and oxygen atoms in total. The smallest absolute Gasteiger partial charge is 0.282 e. The van der Waals surface area contributed by atoms with E-state index in [1.165, 1.54) is 11.8 Å². The standard InChI is InChI=1S/C29H30N4O5/c1-17(2)21-14-22(18(3)12-25(21)36-4)28-32-23-9-7-6-8-20(23)29(35)33(28)31-15-19-10-11-24(26(13-19)37-5)38-16-27(30)34/h6-15,17H,16H2,1-5H3,(H2,30,34). The summed E-state index contributed by atoms with van der Waals surface area (Å²) in [6.45, 7) is 5.85. The molecule has 0 radical (unpaired) electrons. The number of aromatic nitrogens is 2. The Balaban J connectivity index is 1.87. The Labute approximate surface area is 220 Å². The predicted octanol–water partition coefficient (Wildman–Crippen LogP) is 4.26. The van der Waals surface area contributed by atoms with E-state index in [4.69, 9.17) is 24.9 Å². The first kappa shape index (κ1) is 26.4. The van der Waals surface area contributed by atoms with Crippen molar-refractivity contribution in [2.75, 3.05) is 20.8 Å². The first-order valence-electron chi connectivity index (χ1n) is 12.1. The number of amides is 1. The summed E-state index contributed by atoms with van der Waals surface area (Å²) < 4.78 is 17.7. The van der Waals surface area contributed by atoms with E-state index < -0.39 is 5.91 Å². The molecule has 0 fully saturated rings. The zero-order valence-corrected chi connectivity index (χ0v) is 22.0. The number of hydrogen-bond acceptors (Lipinski definition) is 7. The number of para-hydroxylation sites is 1. The van der Waals surface area contributed by atoms with Crippen molar-refractivity contribution in [2.24, 2.45) is 10.8 Å². The highest BCUT2D eigenvalue weighted by molar-refractivity contribution is 5.83. The molecular weight excluding hydrogens is 484 g/mol. The Bertz CT molecular complexity index is 1590. The van der Waals surface area contributed by atoms with Crippen molar-refractivity contribution < 1.29 is 19.0 Å². The van der Waals surface area contributed by atoms with Crippen LogP contribution in [0.4, 0.5) is 0 Å². The van der Waals surface area contributed by atoms with Crippen molar-refractivity contribution in [3.63, 3.8) is 0 Å². The van der Waals surface area contributed by atoms with Crippen LogP contribution < -0.4 is 25.5 Å². The molecule has 0 spiro atoms. The Kier molecular flexibility index (Phi) is 7.76. The number of benzene rings is 3. The fourth-order valence-corrected chi connectivity index (χ4v) is 4.13. The average molecular weight is 515 g/mol. The van der Waals surface area contributed by atoms with Crippen molar-refractivity contribution in [3.8, 4) is 28.6 Å². The Morgan fingerprint density at radius 3 is 2.47 bits per heavy atom. The summed E-state index contributed by atoms with van der Waals surface area (Å²) in [6, 6.07) is 16.2. The van der Waals surface area contributed by atoms with Crippen LogP contribution in [0.2, 0.25) is 0 Å². The van der Waals surface area contributed by atoms with E-state index in [9.17, 15) is 9.59 Å². The minimum Gasteiger partial charge on any atom is -0.496 e. The second-order valence-corrected chi connectivity index (χ2v) is 9.04. The van der Waals surface area contributed by atoms with Crippen LogP contribution in [0.3, 0.4) is 0 Å². The van der Waals surface area contributed by atoms with Gasteiger partial charge >= 0.3 is 0 Å². The van der Waals surface area contributed by atoms with Crippen LogP contribution in [0.1, 0.15) is 36.5 Å². The molecule has 1 amide bonds. The highest BCUT2D eigenvalue weighted by Gasteiger charge is 2.18. The molecule has 0 saturated heterocycles. The molecule has 2 N–H and O–H groups in total. The summed E-state index contributed by atoms with van der Waals surface area (Å²) in [4.78, 5) is 29.5. The zero-order valence-electron chi connectivity index (χ0n) is 22.0. The number of methoxy groups -OCH3 is 2. The van der Waals surface area contributed by atoms with E-state index in [1.54, 1.807) is 43.7 Å². The molecule has 38 heavy (non-hydrogen) atoms. The maximum absolute atomic E-state index is 13.6. The molecule has 1 aromatic heterocycles. The molecule has 0 aliphatic heterocycles. The van der Waals surface area contributed by atoms with E-state index >= 15 is 0 Å². The van der Waals surface area contributed by atoms with Gasteiger partial charge in [-0.25, -0.2) is 4.98 Å². The van der Waals surface area contributed by atoms with Gasteiger partial charge in [-0.2, -0.15) is 9.78 Å². The first-order chi connectivity index (χ1) is 18.2. The van der Waals surface area contributed by atoms with Gasteiger partial charge in [-0.15, -0.1) is 0 Å². The molecular formula is C29H30N4O5. The zero-order chi connectivity index (χ0) is 27.4. The third kappa shape index (κ3) is 5.36. The SMILES string of the molecule is COc1cc(C=Nn2c(-c3cc(C(C)C)c(OC)cc3C)nc3ccccc3c2=O)ccc1OCC(N)=O. The maximum atomic E-state index is 13.6. The summed E-state index contributed by atoms with van der Waals surface area (Å²) in [6.07, 6.45) is 1.55. The number of ether oxygens (including phenoxy) is 3. The molecule has 0 bridgehead atoms. The second kappa shape index (κ2) is 11.2. The predicted molar refractivity (Wildman–Crippen MR) is 147 cm³/mol. The number of carbonyl (C=O) groups is 1. The number of hydrogen-bond donors (Lipinski definition) is 1. The normalized spacial score (nSPS) is 11.3. The topological polar surface area (TPSA) is 118 Å². The van der Waals surface area contributed by atoms with Crippen LogP contribution >= 0.6 is 0 Å². The first-order valence-corrected chi connectivity index (χ1v) is 12.1. The molecule has 0 aliphatic carbocycles. The van der Waals surface area contributed by atoms with Gasteiger partial charge in [0.25, 0.3) is 11.5 Å². The van der Waals surface area contributed by atoms with Crippen molar-refractivity contribution in [2.45, 2.75) is 26.7 Å². The molecule has 0 saturated carbocycles. The van der Waals surface area contributed by atoms with Gasteiger partial charge in [-0.1, -0.05) is 26.0 Å². The van der Waals surface area contributed by atoms with Crippen LogP contribution in [0.5, 0.6) is 17.2 Å². The Morgan fingerprint density at radius 1 is 1.05 bits per heavy atom. The highest BCUT2D eigenvalue weighted by atomic mass is 16.5. The van der Waals surface area contributed by atoms with Crippen molar-refractivity contribution in [1.82, 2.24) is 9.66 Å². The van der Waals surface area contributed by atoms with Crippen LogP contribution in [0.15, 0.2) is 64.5 Å². The largest absolute Gasteiger partial charge is 0.496 e. The summed E-state index contributed by atoms with van der Waals surface area (Å²) >= 11 is 0. The van der Waals surface area contributed by atoms with E-state index in [1.807, 2.05) is 31.2 Å². The van der Waals surface area contributed by atoms with Crippen LogP contribution in [-0.4, -0.2) is 42.6 Å². The molecule has 9 heteroatoms. The molecule has 196 valence electrons. The molecule has 0 aliphatic rings. The highest BCUT2D eigenvalue weighted by Crippen LogP contribution is 2.34. The van der Waals surface area contributed by atoms with E-state index in [0.717, 1.165) is 22.4 Å². The third-order valence-corrected chi connectivity index (χ3v) is 6.07. The fraction of sp³-hybridized carbons (Fsp3) is 0.241. The molecule has 3 aromatic carbocycles. The summed E-state index contributed by atoms with van der Waals surface area (Å²) in [5.74, 6) is 1.56. The van der Waals surface area contributed by atoms with E-state index in [2.05, 4.69) is 18.9 Å². The van der Waals surface area contributed by atoms with Gasteiger partial charge in [0.15, 0.2) is 23.9 Å². The van der Waals surface area contributed by atoms with Crippen molar-refractivity contribution in [3.05, 3.63) is 81.6 Å². The summed E-state index contributed by atoms with van der Waals surface area (Å²) in [7, 11) is 3.13. The number of fused-ring (bicyclic) bond motifs is 1. The van der Waals surface area contributed by atoms with Gasteiger partial charge in [0.05, 0.1) is 31.3 Å². The van der Waals surface area contributed by atoms with Gasteiger partial charge in [0.2, 0.25) is 0 Å². The lowest BCUT2D eigenvalue weighted by atomic mass is 9.96. The van der Waals surface area contributed by atoms with Crippen LogP contribution in [0.25, 0.3) is 22.3 Å². The summed E-state index contributed by atoms with van der Waals surface area (Å²) in [5.41, 5.74) is 8.78. The Morgan fingerprint density at radius 2 is 1.79 bits per heavy atom. The van der Waals surface area contributed by atoms with E-state index in [0.29, 0.717) is 33.8 Å². The molecule has 1 heterocycles. The number of rotatable bonds is 9. The molecule has 0 unspecified atom stereocenters. The number of carbonyl (C=O) groups excluding carboxylic acids is 1. The van der Waals surface area contributed by atoms with Crippen LogP contribution in [-0.2, 0) is 4.79 Å². The lowest BCUT2D eigenvalue weighted by Crippen LogP contribution is -2.21. The van der Waals surface area contributed by atoms with Crippen molar-refractivity contribution in [1.29, 1.82) is 0 Å². The Hall–Kier alpha value is -4.66. The van der Waals surface area contributed by atoms with Crippen LogP contribution in [0, 0.1) is 6.92 Å². The lowest BCUT2D eigenvalue weighted by Gasteiger charge is -2.17. The van der Waals surface area contributed by atoms with Gasteiger partial charge < -0.3 is 19.9 Å². The third-order valence-electron chi connectivity index (χ3n) is 6.07. The minimum absolute atomic E-state index is 0.191. The van der Waals surface area contributed by atoms with Gasteiger partial charge in [0.1, 0.15) is 5.75 Å². The molecule has 0 atom stereocenters. The monoisotopic (exact) mass is 514 g/mol. The average Bonchev–Trinajstić information content (AvgIpc) is 2.91. The second-order valence-electron chi connectivity index (χ2n) is 9.04. The number of nitrogens with two attached hydrogens (primary N) is 1. The number of nitrogens with zero attached hydrogens (tertiary/aromatic N) is 3.